The van der Waals surface area contributed by atoms with Crippen LogP contribution in [0.1, 0.15) is 75.2 Å². The first-order valence-electron chi connectivity index (χ1n) is 16.5. The quantitative estimate of drug-likeness (QED) is 0.126. The molecule has 0 spiro atoms. The zero-order chi connectivity index (χ0) is 34.4. The lowest BCUT2D eigenvalue weighted by Crippen LogP contribution is -2.64. The van der Waals surface area contributed by atoms with Crippen molar-refractivity contribution in [3.63, 3.8) is 0 Å². The number of piperazine rings is 1. The van der Waals surface area contributed by atoms with Gasteiger partial charge >= 0.3 is 6.09 Å². The number of hydrogen-bond acceptors (Lipinski definition) is 10. The summed E-state index contributed by atoms with van der Waals surface area (Å²) in [6.45, 7) is 10.3. The van der Waals surface area contributed by atoms with Gasteiger partial charge in [0.05, 0.1) is 52.5 Å². The summed E-state index contributed by atoms with van der Waals surface area (Å²) >= 11 is 0. The van der Waals surface area contributed by atoms with Crippen LogP contribution in [-0.4, -0.2) is 92.5 Å². The lowest BCUT2D eigenvalue weighted by molar-refractivity contribution is -1.01. The molecule has 4 rings (SSSR count). The van der Waals surface area contributed by atoms with Crippen molar-refractivity contribution in [3.8, 4) is 17.2 Å². The Hall–Kier alpha value is -4.16. The molecule has 1 aliphatic heterocycles. The van der Waals surface area contributed by atoms with E-state index >= 15 is 0 Å². The molecule has 0 radical (unpaired) electrons. The van der Waals surface area contributed by atoms with E-state index in [0.717, 1.165) is 57.3 Å². The van der Waals surface area contributed by atoms with Crippen molar-refractivity contribution in [2.45, 2.75) is 64.7 Å². The number of primary amides is 1. The van der Waals surface area contributed by atoms with Gasteiger partial charge in [-0.3, -0.25) is 4.79 Å². The second-order valence-corrected chi connectivity index (χ2v) is 13.4. The molecule has 1 fully saturated rings. The Morgan fingerprint density at radius 2 is 1.68 bits per heavy atom. The summed E-state index contributed by atoms with van der Waals surface area (Å²) in [5.74, 6) is 2.00. The van der Waals surface area contributed by atoms with Gasteiger partial charge in [0, 0.05) is 30.3 Å². The Morgan fingerprint density at radius 1 is 0.979 bits per heavy atom. The first-order chi connectivity index (χ1) is 22.3. The van der Waals surface area contributed by atoms with E-state index in [4.69, 9.17) is 30.7 Å². The van der Waals surface area contributed by atoms with Gasteiger partial charge in [-0.15, -0.1) is 0 Å². The predicted molar refractivity (Wildman–Crippen MR) is 185 cm³/mol. The molecule has 0 atom stereocenters. The van der Waals surface area contributed by atoms with Gasteiger partial charge in [-0.25, -0.2) is 14.4 Å². The highest BCUT2D eigenvalue weighted by Crippen LogP contribution is 2.40. The summed E-state index contributed by atoms with van der Waals surface area (Å²) in [5.41, 5.74) is 13.5. The minimum atomic E-state index is -0.828. The number of nitrogen functional groups attached to an aromatic ring is 1. The molecule has 4 N–H and O–H groups in total. The molecule has 1 aromatic heterocycles. The number of carbonyl (C=O) groups excluding carboxylic acids is 2. The van der Waals surface area contributed by atoms with Crippen molar-refractivity contribution < 1.29 is 28.4 Å². The van der Waals surface area contributed by atoms with Gasteiger partial charge in [0.15, 0.2) is 17.3 Å². The second-order valence-electron chi connectivity index (χ2n) is 13.4. The average molecular weight is 651 g/mol. The lowest BCUT2D eigenvalue weighted by Gasteiger charge is -2.47. The molecular formula is C35H52N7O5+. The molecule has 47 heavy (non-hydrogen) atoms. The van der Waals surface area contributed by atoms with Crippen LogP contribution in [0.2, 0.25) is 0 Å². The number of hydrogen-bond donors (Lipinski definition) is 2. The molecule has 0 aliphatic carbocycles. The number of nitrogens with two attached hydrogens (primary N) is 2. The van der Waals surface area contributed by atoms with Gasteiger partial charge in [0.2, 0.25) is 5.95 Å². The van der Waals surface area contributed by atoms with E-state index in [1.165, 1.54) is 0 Å². The molecular weight excluding hydrogens is 598 g/mol. The Morgan fingerprint density at radius 3 is 2.32 bits per heavy atom. The molecule has 256 valence electrons. The standard InChI is InChI=1S/C35H51N7O5/c1-8-9-10-11-12-16-27(43)29-30-26(22-28(45-6)31(29)46-7)32(36)39-34(38-30)40-17-19-41(20-18-40)42(4,5)23-35(2,3)24-14-13-15-25(21-24)47-33(37)44/h13-15,21-22H,8-12,16-20,23H2,1-7H3,(H3-,36,37,38,39,43,44)/p+1. The zero-order valence-corrected chi connectivity index (χ0v) is 29.1. The minimum Gasteiger partial charge on any atom is -0.493 e. The van der Waals surface area contributed by atoms with Crippen molar-refractivity contribution in [3.05, 3.63) is 41.5 Å². The summed E-state index contributed by atoms with van der Waals surface area (Å²) < 4.78 is 17.1. The molecule has 1 saturated heterocycles. The molecule has 0 saturated carbocycles. The van der Waals surface area contributed by atoms with E-state index in [9.17, 15) is 9.59 Å². The van der Waals surface area contributed by atoms with Gasteiger partial charge in [-0.2, -0.15) is 9.99 Å². The number of nitrogens with zero attached hydrogens (tertiary/aromatic N) is 5. The summed E-state index contributed by atoms with van der Waals surface area (Å²) in [5, 5.41) is 3.00. The van der Waals surface area contributed by atoms with Gasteiger partial charge in [-0.05, 0) is 30.2 Å². The van der Waals surface area contributed by atoms with Crippen molar-refractivity contribution in [2.24, 2.45) is 5.73 Å². The highest BCUT2D eigenvalue weighted by molar-refractivity contribution is 6.12. The first-order valence-corrected chi connectivity index (χ1v) is 16.5. The van der Waals surface area contributed by atoms with Crippen LogP contribution in [0.3, 0.4) is 0 Å². The largest absolute Gasteiger partial charge is 0.493 e. The van der Waals surface area contributed by atoms with Crippen LogP contribution in [0.25, 0.3) is 10.9 Å². The predicted octanol–water partition coefficient (Wildman–Crippen LogP) is 5.32. The number of Topliss-reactive ketones (excluding diaryl/α,β-unsaturated/α-hetero) is 1. The van der Waals surface area contributed by atoms with Crippen LogP contribution in [0, 0.1) is 0 Å². The molecule has 12 nitrogen and oxygen atoms in total. The van der Waals surface area contributed by atoms with E-state index in [2.05, 4.69) is 49.8 Å². The molecule has 1 aliphatic rings. The highest BCUT2D eigenvalue weighted by atomic mass is 16.5. The monoisotopic (exact) mass is 650 g/mol. The van der Waals surface area contributed by atoms with E-state index in [1.54, 1.807) is 26.4 Å². The number of ketones is 1. The Kier molecular flexibility index (Phi) is 11.5. The number of aromatic nitrogens is 2. The van der Waals surface area contributed by atoms with E-state index < -0.39 is 6.09 Å². The molecule has 2 aromatic carbocycles. The molecule has 12 heteroatoms. The third-order valence-electron chi connectivity index (χ3n) is 9.06. The van der Waals surface area contributed by atoms with Gasteiger partial charge in [0.1, 0.15) is 18.1 Å². The van der Waals surface area contributed by atoms with Crippen LogP contribution >= 0.6 is 0 Å². The molecule has 0 unspecified atom stereocenters. The van der Waals surface area contributed by atoms with Gasteiger partial charge in [-0.1, -0.05) is 58.6 Å². The van der Waals surface area contributed by atoms with Crippen molar-refractivity contribution in [1.29, 1.82) is 0 Å². The Balaban J connectivity index is 1.54. The number of benzene rings is 2. The number of ether oxygens (including phenoxy) is 3. The molecule has 2 heterocycles. The Labute approximate surface area is 278 Å². The summed E-state index contributed by atoms with van der Waals surface area (Å²) in [6.07, 6.45) is 4.78. The van der Waals surface area contributed by atoms with E-state index in [1.807, 2.05) is 18.2 Å². The second kappa shape index (κ2) is 15.2. The van der Waals surface area contributed by atoms with Crippen LogP contribution in [0.15, 0.2) is 30.3 Å². The zero-order valence-electron chi connectivity index (χ0n) is 29.1. The van der Waals surface area contributed by atoms with Crippen LogP contribution in [0.5, 0.6) is 17.2 Å². The summed E-state index contributed by atoms with van der Waals surface area (Å²) in [4.78, 5) is 36.7. The number of methoxy groups -OCH3 is 2. The van der Waals surface area contributed by atoms with E-state index in [0.29, 0.717) is 69.6 Å². The number of amides is 1. The van der Waals surface area contributed by atoms with Crippen LogP contribution < -0.4 is 30.6 Å². The molecule has 0 bridgehead atoms. The fourth-order valence-electron chi connectivity index (χ4n) is 6.70. The fraction of sp³-hybridized carbons (Fsp3) is 0.543. The number of anilines is 2. The van der Waals surface area contributed by atoms with Crippen LogP contribution in [0.4, 0.5) is 16.6 Å². The minimum absolute atomic E-state index is 0.0375. The van der Waals surface area contributed by atoms with Crippen molar-refractivity contribution in [2.75, 3.05) is 71.7 Å². The maximum atomic E-state index is 13.7. The smallest absolute Gasteiger partial charge is 0.409 e. The topological polar surface area (TPSA) is 146 Å². The number of fused-ring (bicyclic) bond motifs is 1. The normalized spacial score (nSPS) is 14.3. The fourth-order valence-corrected chi connectivity index (χ4v) is 6.70. The molecule has 3 aromatic rings. The summed E-state index contributed by atoms with van der Waals surface area (Å²) in [6, 6.07) is 9.27. The third kappa shape index (κ3) is 8.41. The maximum absolute atomic E-state index is 13.7. The van der Waals surface area contributed by atoms with Gasteiger partial charge in [0.25, 0.3) is 0 Å². The van der Waals surface area contributed by atoms with E-state index in [-0.39, 0.29) is 11.2 Å². The van der Waals surface area contributed by atoms with Crippen molar-refractivity contribution >= 4 is 34.5 Å². The Bertz CT molecular complexity index is 1570. The number of likely N-dealkylation sites (N-methyl/N-ethyl adjacent to an activating group) is 1. The third-order valence-corrected chi connectivity index (χ3v) is 9.06. The number of carbonyl (C=O) groups is 2. The SMILES string of the molecule is CCCCCCCC(=O)c1c(OC)c(OC)cc2c(N)nc(N3CCN([N+](C)(C)CC(C)(C)c4cccc(OC(N)=O)c4)CC3)nc12. The maximum Gasteiger partial charge on any atom is 0.409 e. The number of unbranched alkanes of at least 4 members (excludes halogenated alkanes) is 4. The van der Waals surface area contributed by atoms with Gasteiger partial charge < -0.3 is 30.6 Å². The number of rotatable bonds is 15. The summed E-state index contributed by atoms with van der Waals surface area (Å²) in [7, 11) is 7.49. The first kappa shape index (κ1) is 35.7. The van der Waals surface area contributed by atoms with Crippen LogP contribution in [-0.2, 0) is 5.41 Å². The highest BCUT2D eigenvalue weighted by Gasteiger charge is 2.37. The number of quaternary nitrogens is 1. The van der Waals surface area contributed by atoms with Crippen molar-refractivity contribution in [1.82, 2.24) is 15.0 Å². The average Bonchev–Trinajstić information content (AvgIpc) is 3.03. The molecule has 1 amide bonds. The lowest BCUT2D eigenvalue weighted by atomic mass is 9.84.